The Balaban J connectivity index is 1.96. The number of hydrogen-bond donors (Lipinski definition) is 2. The minimum atomic E-state index is 0.491. The molecule has 3 nitrogen and oxygen atoms in total. The first-order valence-electron chi connectivity index (χ1n) is 6.22. The predicted octanol–water partition coefficient (Wildman–Crippen LogP) is 4.49. The van der Waals surface area contributed by atoms with Crippen molar-refractivity contribution in [2.45, 2.75) is 6.54 Å². The number of thiocarbonyl (C=S) groups is 1. The fourth-order valence-corrected chi connectivity index (χ4v) is 2.41. The molecule has 2 aromatic carbocycles. The minimum absolute atomic E-state index is 0.491. The quantitative estimate of drug-likeness (QED) is 0.803. The van der Waals surface area contributed by atoms with Crippen molar-refractivity contribution in [1.82, 2.24) is 5.32 Å². The van der Waals surface area contributed by atoms with E-state index in [2.05, 4.69) is 10.6 Å². The Hall–Kier alpha value is -1.49. The third-order valence-electron chi connectivity index (χ3n) is 2.81. The van der Waals surface area contributed by atoms with Crippen LogP contribution in [0.2, 0.25) is 10.0 Å². The Morgan fingerprint density at radius 3 is 2.67 bits per heavy atom. The van der Waals surface area contributed by atoms with Crippen LogP contribution in [0.3, 0.4) is 0 Å². The van der Waals surface area contributed by atoms with E-state index in [0.717, 1.165) is 17.0 Å². The molecule has 0 aromatic heterocycles. The molecule has 0 saturated heterocycles. The van der Waals surface area contributed by atoms with Gasteiger partial charge in [0.2, 0.25) is 0 Å². The molecule has 0 saturated carbocycles. The highest BCUT2D eigenvalue weighted by molar-refractivity contribution is 7.80. The number of halogens is 2. The van der Waals surface area contributed by atoms with Gasteiger partial charge in [-0.2, -0.15) is 0 Å². The highest BCUT2D eigenvalue weighted by atomic mass is 35.5. The van der Waals surface area contributed by atoms with E-state index in [1.165, 1.54) is 0 Å². The van der Waals surface area contributed by atoms with E-state index in [9.17, 15) is 0 Å². The summed E-state index contributed by atoms with van der Waals surface area (Å²) in [6.07, 6.45) is 0. The van der Waals surface area contributed by atoms with Crippen LogP contribution in [0.4, 0.5) is 5.69 Å². The van der Waals surface area contributed by atoms with Gasteiger partial charge in [-0.25, -0.2) is 0 Å². The first kappa shape index (κ1) is 15.9. The number of para-hydroxylation sites is 2. The second kappa shape index (κ2) is 7.50. The molecule has 6 heteroatoms. The average Bonchev–Trinajstić information content (AvgIpc) is 2.47. The molecule has 21 heavy (non-hydrogen) atoms. The van der Waals surface area contributed by atoms with Crippen LogP contribution in [-0.2, 0) is 6.54 Å². The molecule has 0 aliphatic heterocycles. The van der Waals surface area contributed by atoms with Gasteiger partial charge in [0.05, 0.1) is 12.8 Å². The fourth-order valence-electron chi connectivity index (χ4n) is 1.75. The van der Waals surface area contributed by atoms with Gasteiger partial charge in [0.25, 0.3) is 0 Å². The topological polar surface area (TPSA) is 33.3 Å². The van der Waals surface area contributed by atoms with Crippen LogP contribution < -0.4 is 15.4 Å². The maximum absolute atomic E-state index is 6.11. The SMILES string of the molecule is COc1ccccc1NC(=S)NCc1ccc(Cl)cc1Cl. The third kappa shape index (κ3) is 4.49. The Morgan fingerprint density at radius 2 is 1.95 bits per heavy atom. The number of anilines is 1. The molecule has 2 rings (SSSR count). The van der Waals surface area contributed by atoms with Gasteiger partial charge in [0.15, 0.2) is 5.11 Å². The van der Waals surface area contributed by atoms with Crippen LogP contribution in [0.5, 0.6) is 5.75 Å². The molecule has 2 aromatic rings. The lowest BCUT2D eigenvalue weighted by atomic mass is 10.2. The van der Waals surface area contributed by atoms with Crippen LogP contribution in [0.15, 0.2) is 42.5 Å². The molecular weight excluding hydrogens is 327 g/mol. The lowest BCUT2D eigenvalue weighted by Crippen LogP contribution is -2.28. The van der Waals surface area contributed by atoms with Crippen molar-refractivity contribution in [2.75, 3.05) is 12.4 Å². The van der Waals surface area contributed by atoms with Gasteiger partial charge in [-0.05, 0) is 42.0 Å². The smallest absolute Gasteiger partial charge is 0.171 e. The van der Waals surface area contributed by atoms with Gasteiger partial charge in [-0.15, -0.1) is 0 Å². The largest absolute Gasteiger partial charge is 0.495 e. The van der Waals surface area contributed by atoms with Crippen molar-refractivity contribution in [2.24, 2.45) is 0 Å². The molecule has 0 unspecified atom stereocenters. The molecule has 0 radical (unpaired) electrons. The number of rotatable bonds is 4. The van der Waals surface area contributed by atoms with E-state index in [1.54, 1.807) is 19.2 Å². The summed E-state index contributed by atoms with van der Waals surface area (Å²) in [7, 11) is 1.62. The molecule has 0 aliphatic carbocycles. The number of ether oxygens (including phenoxy) is 1. The normalized spacial score (nSPS) is 10.0. The van der Waals surface area contributed by atoms with E-state index in [-0.39, 0.29) is 0 Å². The van der Waals surface area contributed by atoms with Gasteiger partial charge in [-0.1, -0.05) is 41.4 Å². The Morgan fingerprint density at radius 1 is 1.19 bits per heavy atom. The third-order valence-corrected chi connectivity index (χ3v) is 3.64. The monoisotopic (exact) mass is 340 g/mol. The molecule has 0 fully saturated rings. The number of methoxy groups -OCH3 is 1. The van der Waals surface area contributed by atoms with Gasteiger partial charge < -0.3 is 15.4 Å². The number of hydrogen-bond acceptors (Lipinski definition) is 2. The maximum atomic E-state index is 6.11. The zero-order valence-corrected chi connectivity index (χ0v) is 13.6. The zero-order valence-electron chi connectivity index (χ0n) is 11.3. The summed E-state index contributed by atoms with van der Waals surface area (Å²) in [5.41, 5.74) is 1.73. The Bertz CT molecular complexity index is 649. The van der Waals surface area contributed by atoms with Crippen molar-refractivity contribution in [1.29, 1.82) is 0 Å². The van der Waals surface area contributed by atoms with Crippen molar-refractivity contribution < 1.29 is 4.74 Å². The van der Waals surface area contributed by atoms with Crippen LogP contribution in [0.1, 0.15) is 5.56 Å². The summed E-state index contributed by atoms with van der Waals surface area (Å²) in [6, 6.07) is 12.9. The van der Waals surface area contributed by atoms with Gasteiger partial charge in [0.1, 0.15) is 5.75 Å². The van der Waals surface area contributed by atoms with E-state index in [1.807, 2.05) is 30.3 Å². The summed E-state index contributed by atoms with van der Waals surface area (Å²) in [6.45, 7) is 0.511. The fraction of sp³-hybridized carbons (Fsp3) is 0.133. The van der Waals surface area contributed by atoms with E-state index in [4.69, 9.17) is 40.2 Å². The average molecular weight is 341 g/mol. The lowest BCUT2D eigenvalue weighted by Gasteiger charge is -2.13. The maximum Gasteiger partial charge on any atom is 0.171 e. The summed E-state index contributed by atoms with van der Waals surface area (Å²) in [4.78, 5) is 0. The first-order valence-corrected chi connectivity index (χ1v) is 7.38. The standard InChI is InChI=1S/C15H14Cl2N2OS/c1-20-14-5-3-2-4-13(14)19-15(21)18-9-10-6-7-11(16)8-12(10)17/h2-8H,9H2,1H3,(H2,18,19,21). The molecule has 110 valence electrons. The van der Waals surface area contributed by atoms with Crippen molar-refractivity contribution >= 4 is 46.2 Å². The summed E-state index contributed by atoms with van der Waals surface area (Å²) in [5.74, 6) is 0.728. The summed E-state index contributed by atoms with van der Waals surface area (Å²) in [5, 5.41) is 7.89. The number of nitrogens with one attached hydrogen (secondary N) is 2. The van der Waals surface area contributed by atoms with Gasteiger partial charge in [0, 0.05) is 16.6 Å². The van der Waals surface area contributed by atoms with E-state index < -0.39 is 0 Å². The first-order chi connectivity index (χ1) is 10.1. The molecule has 0 amide bonds. The molecule has 0 atom stereocenters. The second-order valence-electron chi connectivity index (χ2n) is 4.24. The molecule has 0 bridgehead atoms. The van der Waals surface area contributed by atoms with Gasteiger partial charge >= 0.3 is 0 Å². The minimum Gasteiger partial charge on any atom is -0.495 e. The van der Waals surface area contributed by atoms with Crippen LogP contribution in [0, 0.1) is 0 Å². The van der Waals surface area contributed by atoms with E-state index >= 15 is 0 Å². The zero-order chi connectivity index (χ0) is 15.2. The Labute approximate surface area is 139 Å². The molecule has 0 heterocycles. The summed E-state index contributed by atoms with van der Waals surface area (Å²) >= 11 is 17.2. The predicted molar refractivity (Wildman–Crippen MR) is 92.5 cm³/mol. The molecular formula is C15H14Cl2N2OS. The molecule has 0 spiro atoms. The van der Waals surface area contributed by atoms with Crippen LogP contribution >= 0.6 is 35.4 Å². The van der Waals surface area contributed by atoms with Crippen molar-refractivity contribution in [3.05, 3.63) is 58.1 Å². The lowest BCUT2D eigenvalue weighted by molar-refractivity contribution is 0.417. The molecule has 0 aliphatic rings. The second-order valence-corrected chi connectivity index (χ2v) is 5.50. The Kier molecular flexibility index (Phi) is 5.67. The highest BCUT2D eigenvalue weighted by Crippen LogP contribution is 2.23. The van der Waals surface area contributed by atoms with Crippen molar-refractivity contribution in [3.63, 3.8) is 0 Å². The van der Waals surface area contributed by atoms with Crippen LogP contribution in [-0.4, -0.2) is 12.2 Å². The van der Waals surface area contributed by atoms with E-state index in [0.29, 0.717) is 21.7 Å². The summed E-state index contributed by atoms with van der Waals surface area (Å²) < 4.78 is 5.26. The number of benzene rings is 2. The van der Waals surface area contributed by atoms with Crippen molar-refractivity contribution in [3.8, 4) is 5.75 Å². The van der Waals surface area contributed by atoms with Crippen LogP contribution in [0.25, 0.3) is 0 Å². The highest BCUT2D eigenvalue weighted by Gasteiger charge is 2.05. The molecule has 2 N–H and O–H groups in total. The van der Waals surface area contributed by atoms with Gasteiger partial charge in [-0.3, -0.25) is 0 Å².